The number of piperazine rings is 1. The molecule has 0 spiro atoms. The quantitative estimate of drug-likeness (QED) is 0.728. The molecule has 1 aliphatic rings. The summed E-state index contributed by atoms with van der Waals surface area (Å²) >= 11 is 1.76. The van der Waals surface area contributed by atoms with Crippen molar-refractivity contribution in [2.75, 3.05) is 31.5 Å². The zero-order valence-corrected chi connectivity index (χ0v) is 16.3. The molecule has 0 saturated carbocycles. The van der Waals surface area contributed by atoms with Crippen molar-refractivity contribution < 1.29 is 9.32 Å². The lowest BCUT2D eigenvalue weighted by Gasteiger charge is -2.36. The van der Waals surface area contributed by atoms with E-state index in [0.29, 0.717) is 11.6 Å². The van der Waals surface area contributed by atoms with E-state index in [4.69, 9.17) is 9.51 Å². The monoisotopic (exact) mass is 385 g/mol. The van der Waals surface area contributed by atoms with Crippen molar-refractivity contribution in [2.24, 2.45) is 0 Å². The van der Waals surface area contributed by atoms with Gasteiger partial charge in [-0.1, -0.05) is 17.3 Å². The fourth-order valence-corrected chi connectivity index (χ4v) is 4.32. The van der Waals surface area contributed by atoms with Gasteiger partial charge in [0.25, 0.3) is 0 Å². The topological polar surface area (TPSA) is 74.5 Å². The van der Waals surface area contributed by atoms with Crippen LogP contribution in [0.25, 0.3) is 10.2 Å². The van der Waals surface area contributed by atoms with Gasteiger partial charge in [-0.3, -0.25) is 14.6 Å². The zero-order valence-electron chi connectivity index (χ0n) is 15.5. The van der Waals surface area contributed by atoms with Gasteiger partial charge >= 0.3 is 0 Å². The predicted octanol–water partition coefficient (Wildman–Crippen LogP) is 2.74. The number of aromatic nitrogens is 2. The summed E-state index contributed by atoms with van der Waals surface area (Å²) in [6.45, 7) is 8.18. The minimum atomic E-state index is -0.202. The predicted molar refractivity (Wildman–Crippen MR) is 106 cm³/mol. The molecule has 1 saturated heterocycles. The van der Waals surface area contributed by atoms with Crippen LogP contribution in [0, 0.1) is 6.92 Å². The Morgan fingerprint density at radius 2 is 2.07 bits per heavy atom. The summed E-state index contributed by atoms with van der Waals surface area (Å²) in [5, 5.41) is 7.79. The third-order valence-corrected chi connectivity index (χ3v) is 5.93. The Hall–Kier alpha value is -2.29. The fraction of sp³-hybridized carbons (Fsp3) is 0.421. The number of carbonyl (C=O) groups is 1. The molecule has 2 aromatic heterocycles. The third kappa shape index (κ3) is 4.18. The Morgan fingerprint density at radius 3 is 2.78 bits per heavy atom. The highest BCUT2D eigenvalue weighted by Crippen LogP contribution is 2.23. The van der Waals surface area contributed by atoms with E-state index < -0.39 is 0 Å². The molecule has 8 heteroatoms. The second-order valence-corrected chi connectivity index (χ2v) is 7.99. The molecule has 1 fully saturated rings. The van der Waals surface area contributed by atoms with E-state index in [-0.39, 0.29) is 11.9 Å². The highest BCUT2D eigenvalue weighted by molar-refractivity contribution is 7.18. The number of hydrogen-bond acceptors (Lipinski definition) is 7. The average molecular weight is 385 g/mol. The van der Waals surface area contributed by atoms with Crippen LogP contribution in [0.3, 0.4) is 0 Å². The first kappa shape index (κ1) is 18.1. The summed E-state index contributed by atoms with van der Waals surface area (Å²) in [4.78, 5) is 21.8. The molecule has 4 rings (SSSR count). The number of anilines is 1. The van der Waals surface area contributed by atoms with Crippen LogP contribution in [0.15, 0.2) is 34.9 Å². The largest absolute Gasteiger partial charge is 0.360 e. The van der Waals surface area contributed by atoms with Crippen molar-refractivity contribution in [1.29, 1.82) is 0 Å². The highest BCUT2D eigenvalue weighted by atomic mass is 32.1. The maximum Gasteiger partial charge on any atom is 0.242 e. The van der Waals surface area contributed by atoms with Gasteiger partial charge in [-0.25, -0.2) is 4.98 Å². The Bertz CT molecular complexity index is 896. The van der Waals surface area contributed by atoms with Gasteiger partial charge in [0.1, 0.15) is 10.8 Å². The standard InChI is InChI=1S/C19H23N5O2S/c1-13-11-17(22-26-13)21-19(25)14(2)24-9-7-23(8-10-24)12-18-20-15-5-3-4-6-16(15)27-18/h3-6,11,14H,7-10,12H2,1-2H3,(H,21,22,25). The van der Waals surface area contributed by atoms with Gasteiger partial charge in [0, 0.05) is 32.2 Å². The average Bonchev–Trinajstić information content (AvgIpc) is 3.26. The molecule has 3 heterocycles. The number of carbonyl (C=O) groups excluding carboxylic acids is 1. The van der Waals surface area contributed by atoms with E-state index >= 15 is 0 Å². The van der Waals surface area contributed by atoms with Gasteiger partial charge < -0.3 is 9.84 Å². The van der Waals surface area contributed by atoms with Crippen LogP contribution in [-0.2, 0) is 11.3 Å². The minimum Gasteiger partial charge on any atom is -0.360 e. The molecule has 0 radical (unpaired) electrons. The number of nitrogens with zero attached hydrogens (tertiary/aromatic N) is 4. The number of thiazole rings is 1. The number of hydrogen-bond donors (Lipinski definition) is 1. The smallest absolute Gasteiger partial charge is 0.242 e. The van der Waals surface area contributed by atoms with E-state index in [1.807, 2.05) is 13.0 Å². The summed E-state index contributed by atoms with van der Waals surface area (Å²) < 4.78 is 6.23. The summed E-state index contributed by atoms with van der Waals surface area (Å²) in [7, 11) is 0. The maximum atomic E-state index is 12.4. The molecule has 3 aromatic rings. The van der Waals surface area contributed by atoms with Crippen LogP contribution in [-0.4, -0.2) is 58.1 Å². The summed E-state index contributed by atoms with van der Waals surface area (Å²) in [6.07, 6.45) is 0. The van der Waals surface area contributed by atoms with Gasteiger partial charge in [0.15, 0.2) is 5.82 Å². The number of nitrogens with one attached hydrogen (secondary N) is 1. The molecule has 1 N–H and O–H groups in total. The number of fused-ring (bicyclic) bond motifs is 1. The zero-order chi connectivity index (χ0) is 18.8. The van der Waals surface area contributed by atoms with Crippen LogP contribution >= 0.6 is 11.3 Å². The van der Waals surface area contributed by atoms with Crippen LogP contribution in [0.2, 0.25) is 0 Å². The molecule has 0 bridgehead atoms. The molecular formula is C19H23N5O2S. The molecule has 142 valence electrons. The van der Waals surface area contributed by atoms with Gasteiger partial charge in [0.05, 0.1) is 22.8 Å². The van der Waals surface area contributed by atoms with Crippen LogP contribution in [0.1, 0.15) is 17.7 Å². The Kier molecular flexibility index (Phi) is 5.20. The number of para-hydroxylation sites is 1. The Balaban J connectivity index is 1.29. The van der Waals surface area contributed by atoms with Gasteiger partial charge in [-0.15, -0.1) is 11.3 Å². The van der Waals surface area contributed by atoms with Gasteiger partial charge in [0.2, 0.25) is 5.91 Å². The number of aryl methyl sites for hydroxylation is 1. The number of benzene rings is 1. The lowest BCUT2D eigenvalue weighted by molar-refractivity contribution is -0.121. The molecule has 7 nitrogen and oxygen atoms in total. The molecule has 1 amide bonds. The normalized spacial score (nSPS) is 17.3. The second kappa shape index (κ2) is 7.75. The second-order valence-electron chi connectivity index (χ2n) is 6.88. The van der Waals surface area contributed by atoms with Crippen LogP contribution in [0.5, 0.6) is 0 Å². The van der Waals surface area contributed by atoms with Gasteiger partial charge in [-0.2, -0.15) is 0 Å². The first-order valence-electron chi connectivity index (χ1n) is 9.13. The van der Waals surface area contributed by atoms with E-state index in [2.05, 4.69) is 38.5 Å². The Morgan fingerprint density at radius 1 is 1.30 bits per heavy atom. The van der Waals surface area contributed by atoms with Crippen molar-refractivity contribution >= 4 is 33.3 Å². The minimum absolute atomic E-state index is 0.0528. The van der Waals surface area contributed by atoms with Crippen molar-refractivity contribution in [3.05, 3.63) is 41.1 Å². The van der Waals surface area contributed by atoms with Crippen molar-refractivity contribution in [3.63, 3.8) is 0 Å². The third-order valence-electron chi connectivity index (χ3n) is 4.91. The van der Waals surface area contributed by atoms with E-state index in [9.17, 15) is 4.79 Å². The van der Waals surface area contributed by atoms with Gasteiger partial charge in [-0.05, 0) is 26.0 Å². The first-order chi connectivity index (χ1) is 13.1. The highest BCUT2D eigenvalue weighted by Gasteiger charge is 2.26. The maximum absolute atomic E-state index is 12.4. The molecule has 1 aliphatic heterocycles. The van der Waals surface area contributed by atoms with E-state index in [1.54, 1.807) is 24.3 Å². The number of rotatable bonds is 5. The summed E-state index contributed by atoms with van der Waals surface area (Å²) in [5.74, 6) is 1.10. The summed E-state index contributed by atoms with van der Waals surface area (Å²) in [5.41, 5.74) is 1.07. The molecule has 1 aromatic carbocycles. The SMILES string of the molecule is Cc1cc(NC(=O)C(C)N2CCN(Cc3nc4ccccc4s3)CC2)no1. The van der Waals surface area contributed by atoms with Crippen LogP contribution in [0.4, 0.5) is 5.82 Å². The first-order valence-corrected chi connectivity index (χ1v) is 9.95. The van der Waals surface area contributed by atoms with Crippen molar-refractivity contribution in [3.8, 4) is 0 Å². The molecule has 0 aliphatic carbocycles. The fourth-order valence-electron chi connectivity index (χ4n) is 3.31. The molecule has 1 atom stereocenters. The van der Waals surface area contributed by atoms with Crippen molar-refractivity contribution in [1.82, 2.24) is 19.9 Å². The van der Waals surface area contributed by atoms with E-state index in [0.717, 1.165) is 43.2 Å². The lowest BCUT2D eigenvalue weighted by Crippen LogP contribution is -2.52. The molecule has 1 unspecified atom stereocenters. The summed E-state index contributed by atoms with van der Waals surface area (Å²) in [6, 6.07) is 9.77. The Labute approximate surface area is 162 Å². The van der Waals surface area contributed by atoms with E-state index in [1.165, 1.54) is 4.70 Å². The molecule has 27 heavy (non-hydrogen) atoms. The molecular weight excluding hydrogens is 362 g/mol. The number of amides is 1. The lowest BCUT2D eigenvalue weighted by atomic mass is 10.2. The van der Waals surface area contributed by atoms with Crippen LogP contribution < -0.4 is 5.32 Å². The van der Waals surface area contributed by atoms with Crippen molar-refractivity contribution in [2.45, 2.75) is 26.4 Å².